The predicted molar refractivity (Wildman–Crippen MR) is 120 cm³/mol. The van der Waals surface area contributed by atoms with E-state index in [0.717, 1.165) is 35.4 Å². The molecule has 4 amide bonds. The van der Waals surface area contributed by atoms with Crippen molar-refractivity contribution >= 4 is 27.9 Å². The molecule has 33 heavy (non-hydrogen) atoms. The third kappa shape index (κ3) is 4.62. The molecule has 180 valence electrons. The summed E-state index contributed by atoms with van der Waals surface area (Å²) in [5, 5.41) is 3.56. The quantitative estimate of drug-likeness (QED) is 0.608. The predicted octanol–water partition coefficient (Wildman–Crippen LogP) is 0.896. The SMILES string of the molecule is Cc1ccc(S(=O)(=O)N2CCN(CC(=O)NN3C(=O)NC4(CCCCC4)C3=O)CC2)cc1C. The van der Waals surface area contributed by atoms with Crippen LogP contribution >= 0.6 is 0 Å². The van der Waals surface area contributed by atoms with Gasteiger partial charge in [-0.3, -0.25) is 19.9 Å². The first kappa shape index (κ1) is 23.7. The first-order chi connectivity index (χ1) is 15.6. The van der Waals surface area contributed by atoms with Crippen LogP contribution in [0.3, 0.4) is 0 Å². The minimum Gasteiger partial charge on any atom is -0.322 e. The first-order valence-corrected chi connectivity index (χ1v) is 12.8. The molecule has 0 atom stereocenters. The van der Waals surface area contributed by atoms with Crippen LogP contribution in [0.15, 0.2) is 23.1 Å². The fourth-order valence-electron chi connectivity index (χ4n) is 4.73. The van der Waals surface area contributed by atoms with Gasteiger partial charge in [-0.15, -0.1) is 0 Å². The van der Waals surface area contributed by atoms with E-state index in [1.165, 1.54) is 4.31 Å². The van der Waals surface area contributed by atoms with Gasteiger partial charge < -0.3 is 5.32 Å². The summed E-state index contributed by atoms with van der Waals surface area (Å²) in [6.07, 6.45) is 3.93. The molecule has 0 unspecified atom stereocenters. The zero-order valence-corrected chi connectivity index (χ0v) is 19.9. The third-order valence-electron chi connectivity index (χ3n) is 6.92. The number of urea groups is 1. The minimum atomic E-state index is -3.60. The van der Waals surface area contributed by atoms with E-state index in [0.29, 0.717) is 25.9 Å². The molecule has 10 nitrogen and oxygen atoms in total. The van der Waals surface area contributed by atoms with Crippen LogP contribution in [0.25, 0.3) is 0 Å². The number of hydrogen-bond donors (Lipinski definition) is 2. The maximum atomic E-state index is 13.0. The molecule has 3 aliphatic rings. The maximum Gasteiger partial charge on any atom is 0.344 e. The van der Waals surface area contributed by atoms with Crippen LogP contribution in [0.1, 0.15) is 43.2 Å². The number of hydrogen-bond acceptors (Lipinski definition) is 6. The summed E-state index contributed by atoms with van der Waals surface area (Å²) < 4.78 is 27.4. The summed E-state index contributed by atoms with van der Waals surface area (Å²) in [7, 11) is -3.60. The van der Waals surface area contributed by atoms with Gasteiger partial charge in [-0.2, -0.15) is 9.31 Å². The molecule has 1 saturated carbocycles. The fourth-order valence-corrected chi connectivity index (χ4v) is 6.24. The molecule has 2 saturated heterocycles. The lowest BCUT2D eigenvalue weighted by atomic mass is 9.82. The molecule has 0 aromatic heterocycles. The standard InChI is InChI=1S/C22H31N5O5S/c1-16-6-7-18(14-17(16)2)33(31,32)26-12-10-25(11-13-26)15-19(28)24-27-20(29)22(23-21(27)30)8-4-3-5-9-22/h6-7,14H,3-5,8-13,15H2,1-2H3,(H,23,30)(H,24,28). The van der Waals surface area contributed by atoms with Gasteiger partial charge in [0, 0.05) is 26.2 Å². The van der Waals surface area contributed by atoms with Gasteiger partial charge in [0.05, 0.1) is 11.4 Å². The van der Waals surface area contributed by atoms with E-state index in [2.05, 4.69) is 10.7 Å². The third-order valence-corrected chi connectivity index (χ3v) is 8.81. The molecule has 1 spiro atoms. The molecule has 3 fully saturated rings. The number of nitrogens with zero attached hydrogens (tertiary/aromatic N) is 3. The van der Waals surface area contributed by atoms with Crippen molar-refractivity contribution in [3.8, 4) is 0 Å². The Labute approximate surface area is 194 Å². The van der Waals surface area contributed by atoms with Gasteiger partial charge in [-0.25, -0.2) is 13.2 Å². The van der Waals surface area contributed by atoms with Crippen molar-refractivity contribution in [3.63, 3.8) is 0 Å². The highest BCUT2D eigenvalue weighted by molar-refractivity contribution is 7.89. The smallest absolute Gasteiger partial charge is 0.322 e. The van der Waals surface area contributed by atoms with E-state index in [-0.39, 0.29) is 24.5 Å². The zero-order chi connectivity index (χ0) is 23.8. The summed E-state index contributed by atoms with van der Waals surface area (Å²) in [6.45, 7) is 5.06. The van der Waals surface area contributed by atoms with Gasteiger partial charge in [0.2, 0.25) is 10.0 Å². The van der Waals surface area contributed by atoms with Gasteiger partial charge in [0.1, 0.15) is 5.54 Å². The Morgan fingerprint density at radius 2 is 1.70 bits per heavy atom. The van der Waals surface area contributed by atoms with Crippen molar-refractivity contribution in [1.29, 1.82) is 0 Å². The Morgan fingerprint density at radius 3 is 2.33 bits per heavy atom. The molecule has 11 heteroatoms. The molecule has 0 radical (unpaired) electrons. The average molecular weight is 478 g/mol. The van der Waals surface area contributed by atoms with E-state index in [1.54, 1.807) is 18.2 Å². The topological polar surface area (TPSA) is 119 Å². The molecular formula is C22H31N5O5S. The number of hydrazine groups is 1. The fraction of sp³-hybridized carbons (Fsp3) is 0.591. The Kier molecular flexibility index (Phi) is 6.47. The Bertz CT molecular complexity index is 1060. The summed E-state index contributed by atoms with van der Waals surface area (Å²) >= 11 is 0. The number of nitrogens with one attached hydrogen (secondary N) is 2. The van der Waals surface area contributed by atoms with E-state index in [4.69, 9.17) is 0 Å². The van der Waals surface area contributed by atoms with E-state index < -0.39 is 33.4 Å². The lowest BCUT2D eigenvalue weighted by Crippen LogP contribution is -2.54. The Hall–Kier alpha value is -2.50. The summed E-state index contributed by atoms with van der Waals surface area (Å²) in [6, 6.07) is 4.51. The highest BCUT2D eigenvalue weighted by Gasteiger charge is 2.52. The van der Waals surface area contributed by atoms with Crippen LogP contribution in [-0.4, -0.2) is 78.7 Å². The highest BCUT2D eigenvalue weighted by atomic mass is 32.2. The molecule has 0 bridgehead atoms. The second kappa shape index (κ2) is 9.03. The number of piperazine rings is 1. The summed E-state index contributed by atoms with van der Waals surface area (Å²) in [5.41, 5.74) is 3.49. The normalized spacial score (nSPS) is 21.9. The average Bonchev–Trinajstić information content (AvgIpc) is 3.00. The largest absolute Gasteiger partial charge is 0.344 e. The molecular weight excluding hydrogens is 446 g/mol. The van der Waals surface area contributed by atoms with Gasteiger partial charge >= 0.3 is 6.03 Å². The van der Waals surface area contributed by atoms with Crippen molar-refractivity contribution in [3.05, 3.63) is 29.3 Å². The summed E-state index contributed by atoms with van der Waals surface area (Å²) in [4.78, 5) is 39.7. The van der Waals surface area contributed by atoms with Crippen LogP contribution in [0.5, 0.6) is 0 Å². The van der Waals surface area contributed by atoms with E-state index in [9.17, 15) is 22.8 Å². The number of imide groups is 1. The first-order valence-electron chi connectivity index (χ1n) is 11.4. The molecule has 2 N–H and O–H groups in total. The second-order valence-corrected chi connectivity index (χ2v) is 11.1. The van der Waals surface area contributed by atoms with Crippen molar-refractivity contribution < 1.29 is 22.8 Å². The molecule has 2 aliphatic heterocycles. The second-order valence-electron chi connectivity index (χ2n) is 9.17. The lowest BCUT2D eigenvalue weighted by molar-refractivity contribution is -0.140. The molecule has 1 aromatic carbocycles. The van der Waals surface area contributed by atoms with Crippen molar-refractivity contribution in [1.82, 2.24) is 25.0 Å². The Morgan fingerprint density at radius 1 is 1.03 bits per heavy atom. The van der Waals surface area contributed by atoms with Crippen molar-refractivity contribution in [2.75, 3.05) is 32.7 Å². The van der Waals surface area contributed by atoms with Crippen molar-refractivity contribution in [2.24, 2.45) is 0 Å². The number of aryl methyl sites for hydroxylation is 2. The van der Waals surface area contributed by atoms with Crippen LogP contribution < -0.4 is 10.7 Å². The van der Waals surface area contributed by atoms with Gasteiger partial charge in [-0.05, 0) is 49.9 Å². The minimum absolute atomic E-state index is 0.0262. The van der Waals surface area contributed by atoms with Crippen LogP contribution in [0, 0.1) is 13.8 Å². The number of carbonyl (C=O) groups excluding carboxylic acids is 3. The molecule has 2 heterocycles. The molecule has 1 aliphatic carbocycles. The van der Waals surface area contributed by atoms with Gasteiger partial charge in [-0.1, -0.05) is 25.3 Å². The van der Waals surface area contributed by atoms with Crippen LogP contribution in [0.2, 0.25) is 0 Å². The van der Waals surface area contributed by atoms with E-state index >= 15 is 0 Å². The number of sulfonamides is 1. The maximum absolute atomic E-state index is 13.0. The number of amides is 4. The monoisotopic (exact) mass is 477 g/mol. The van der Waals surface area contributed by atoms with E-state index in [1.807, 2.05) is 18.7 Å². The summed E-state index contributed by atoms with van der Waals surface area (Å²) in [5.74, 6) is -0.873. The van der Waals surface area contributed by atoms with Crippen LogP contribution in [0.4, 0.5) is 4.79 Å². The van der Waals surface area contributed by atoms with Crippen molar-refractivity contribution in [2.45, 2.75) is 56.4 Å². The molecule has 4 rings (SSSR count). The zero-order valence-electron chi connectivity index (χ0n) is 19.1. The van der Waals surface area contributed by atoms with Gasteiger partial charge in [0.25, 0.3) is 11.8 Å². The lowest BCUT2D eigenvalue weighted by Gasteiger charge is -2.34. The Balaban J connectivity index is 1.31. The van der Waals surface area contributed by atoms with Gasteiger partial charge in [0.15, 0.2) is 0 Å². The highest BCUT2D eigenvalue weighted by Crippen LogP contribution is 2.33. The number of benzene rings is 1. The molecule has 1 aromatic rings. The number of rotatable bonds is 5. The van der Waals surface area contributed by atoms with Crippen LogP contribution in [-0.2, 0) is 19.6 Å². The number of carbonyl (C=O) groups is 3.